The summed E-state index contributed by atoms with van der Waals surface area (Å²) in [7, 11) is 0. The van der Waals surface area contributed by atoms with Gasteiger partial charge in [-0.1, -0.05) is 6.08 Å². The van der Waals surface area contributed by atoms with Gasteiger partial charge in [0.1, 0.15) is 12.1 Å². The van der Waals surface area contributed by atoms with Crippen LogP contribution in [0.2, 0.25) is 0 Å². The summed E-state index contributed by atoms with van der Waals surface area (Å²) in [6.45, 7) is 10.9. The van der Waals surface area contributed by atoms with Gasteiger partial charge in [-0.15, -0.1) is 6.58 Å². The van der Waals surface area contributed by atoms with Gasteiger partial charge in [0.25, 0.3) is 0 Å². The summed E-state index contributed by atoms with van der Waals surface area (Å²) in [5.74, 6) is -0.811. The second-order valence-corrected chi connectivity index (χ2v) is 6.50. The number of hydrogen-bond acceptors (Lipinski definition) is 5. The smallest absolute Gasteiger partial charge is 0.411 e. The molecule has 1 rings (SSSR count). The van der Waals surface area contributed by atoms with Gasteiger partial charge in [-0.3, -0.25) is 9.69 Å². The second kappa shape index (κ2) is 9.60. The number of benzene rings is 1. The van der Waals surface area contributed by atoms with Gasteiger partial charge in [-0.05, 0) is 52.0 Å². The van der Waals surface area contributed by atoms with Crippen LogP contribution in [0.3, 0.4) is 0 Å². The first-order chi connectivity index (χ1) is 12.2. The van der Waals surface area contributed by atoms with Gasteiger partial charge >= 0.3 is 12.1 Å². The fourth-order valence-corrected chi connectivity index (χ4v) is 1.96. The van der Waals surface area contributed by atoms with Crippen molar-refractivity contribution in [3.05, 3.63) is 42.5 Å². The van der Waals surface area contributed by atoms with E-state index in [1.54, 1.807) is 52.0 Å². The molecule has 0 saturated heterocycles. The van der Waals surface area contributed by atoms with Gasteiger partial charge in [-0.2, -0.15) is 0 Å². The van der Waals surface area contributed by atoms with Crippen molar-refractivity contribution < 1.29 is 23.9 Å². The molecule has 0 spiro atoms. The van der Waals surface area contributed by atoms with Crippen molar-refractivity contribution in [1.29, 1.82) is 0 Å². The molecule has 0 bridgehead atoms. The van der Waals surface area contributed by atoms with E-state index < -0.39 is 17.7 Å². The Labute approximate surface area is 154 Å². The van der Waals surface area contributed by atoms with Gasteiger partial charge in [0.05, 0.1) is 12.2 Å². The molecule has 1 aromatic rings. The van der Waals surface area contributed by atoms with Crippen LogP contribution in [0.25, 0.3) is 0 Å². The zero-order valence-corrected chi connectivity index (χ0v) is 15.7. The van der Waals surface area contributed by atoms with Crippen molar-refractivity contribution in [3.63, 3.8) is 0 Å². The molecule has 0 unspecified atom stereocenters. The highest BCUT2D eigenvalue weighted by molar-refractivity contribution is 5.95. The minimum atomic E-state index is -0.657. The average molecular weight is 362 g/mol. The Hall–Kier alpha value is -2.83. The molecule has 0 fully saturated rings. The molecule has 7 nitrogen and oxygen atoms in total. The molecule has 2 amide bonds. The van der Waals surface area contributed by atoms with E-state index in [9.17, 15) is 14.4 Å². The summed E-state index contributed by atoms with van der Waals surface area (Å²) in [6.07, 6.45) is 0.927. The van der Waals surface area contributed by atoms with Gasteiger partial charge in [-0.25, -0.2) is 9.59 Å². The average Bonchev–Trinajstić information content (AvgIpc) is 2.53. The number of nitrogens with zero attached hydrogens (tertiary/aromatic N) is 1. The van der Waals surface area contributed by atoms with Crippen LogP contribution in [-0.4, -0.2) is 48.2 Å². The quantitative estimate of drug-likeness (QED) is 0.595. The number of carbonyl (C=O) groups excluding carboxylic acids is 3. The highest BCUT2D eigenvalue weighted by atomic mass is 16.6. The van der Waals surface area contributed by atoms with Gasteiger partial charge in [0.2, 0.25) is 5.91 Å². The minimum absolute atomic E-state index is 0.180. The fraction of sp³-hybridized carbons (Fsp3) is 0.421. The van der Waals surface area contributed by atoms with Crippen molar-refractivity contribution in [1.82, 2.24) is 4.90 Å². The van der Waals surface area contributed by atoms with E-state index in [0.717, 1.165) is 0 Å². The van der Waals surface area contributed by atoms with E-state index in [1.165, 1.54) is 11.0 Å². The van der Waals surface area contributed by atoms with E-state index in [2.05, 4.69) is 11.9 Å². The topological polar surface area (TPSA) is 84.9 Å². The Kier molecular flexibility index (Phi) is 7.83. The largest absolute Gasteiger partial charge is 0.462 e. The zero-order chi connectivity index (χ0) is 19.7. The molecule has 0 aliphatic rings. The maximum atomic E-state index is 12.2. The first kappa shape index (κ1) is 21.2. The number of nitrogens with one attached hydrogen (secondary N) is 1. The van der Waals surface area contributed by atoms with Crippen molar-refractivity contribution in [3.8, 4) is 0 Å². The van der Waals surface area contributed by atoms with Crippen LogP contribution in [-0.2, 0) is 14.3 Å². The maximum Gasteiger partial charge on any atom is 0.411 e. The molecule has 0 aliphatic heterocycles. The molecule has 7 heteroatoms. The van der Waals surface area contributed by atoms with E-state index in [4.69, 9.17) is 9.47 Å². The highest BCUT2D eigenvalue weighted by Crippen LogP contribution is 2.12. The Morgan fingerprint density at radius 2 is 1.81 bits per heavy atom. The van der Waals surface area contributed by atoms with Crippen LogP contribution in [0.4, 0.5) is 10.5 Å². The minimum Gasteiger partial charge on any atom is -0.462 e. The van der Waals surface area contributed by atoms with Crippen LogP contribution in [0.15, 0.2) is 36.9 Å². The molecule has 26 heavy (non-hydrogen) atoms. The number of ether oxygens (including phenoxy) is 2. The number of carbonyl (C=O) groups is 3. The first-order valence-corrected chi connectivity index (χ1v) is 8.32. The first-order valence-electron chi connectivity index (χ1n) is 8.32. The van der Waals surface area contributed by atoms with E-state index in [0.29, 0.717) is 17.9 Å². The summed E-state index contributed by atoms with van der Waals surface area (Å²) in [6, 6.07) is 6.30. The lowest BCUT2D eigenvalue weighted by Gasteiger charge is -2.26. The summed E-state index contributed by atoms with van der Waals surface area (Å²) >= 11 is 0. The predicted molar refractivity (Wildman–Crippen MR) is 99.0 cm³/mol. The lowest BCUT2D eigenvalue weighted by molar-refractivity contribution is -0.117. The molecule has 0 saturated carbocycles. The van der Waals surface area contributed by atoms with Crippen LogP contribution in [0.5, 0.6) is 0 Å². The van der Waals surface area contributed by atoms with E-state index in [-0.39, 0.29) is 19.0 Å². The van der Waals surface area contributed by atoms with Crippen molar-refractivity contribution in [2.24, 2.45) is 0 Å². The van der Waals surface area contributed by atoms with Gasteiger partial charge in [0.15, 0.2) is 0 Å². The van der Waals surface area contributed by atoms with Gasteiger partial charge in [0, 0.05) is 12.2 Å². The number of rotatable bonds is 7. The van der Waals surface area contributed by atoms with Crippen LogP contribution in [0.1, 0.15) is 38.1 Å². The van der Waals surface area contributed by atoms with Crippen LogP contribution >= 0.6 is 0 Å². The summed E-state index contributed by atoms with van der Waals surface area (Å²) in [4.78, 5) is 37.2. The summed E-state index contributed by atoms with van der Waals surface area (Å²) < 4.78 is 10.2. The van der Waals surface area contributed by atoms with Crippen LogP contribution in [0, 0.1) is 0 Å². The Morgan fingerprint density at radius 3 is 2.31 bits per heavy atom. The molecule has 1 aromatic carbocycles. The van der Waals surface area contributed by atoms with Crippen molar-refractivity contribution in [2.45, 2.75) is 33.3 Å². The zero-order valence-electron chi connectivity index (χ0n) is 15.7. The van der Waals surface area contributed by atoms with E-state index in [1.807, 2.05) is 0 Å². The summed E-state index contributed by atoms with van der Waals surface area (Å²) in [5.41, 5.74) is 0.244. The molecule has 0 atom stereocenters. The molecule has 0 aromatic heterocycles. The SMILES string of the molecule is C=CCN(CC(=O)Nc1ccc(C(=O)OCC)cc1)C(=O)OC(C)(C)C. The third-order valence-electron chi connectivity index (χ3n) is 3.02. The number of anilines is 1. The molecule has 0 heterocycles. The Balaban J connectivity index is 2.69. The molecule has 0 aliphatic carbocycles. The van der Waals surface area contributed by atoms with Crippen molar-refractivity contribution in [2.75, 3.05) is 25.0 Å². The number of esters is 1. The predicted octanol–water partition coefficient (Wildman–Crippen LogP) is 3.22. The normalized spacial score (nSPS) is 10.6. The number of amides is 2. The molecule has 1 N–H and O–H groups in total. The number of hydrogen-bond donors (Lipinski definition) is 1. The van der Waals surface area contributed by atoms with Crippen LogP contribution < -0.4 is 5.32 Å². The van der Waals surface area contributed by atoms with E-state index >= 15 is 0 Å². The lowest BCUT2D eigenvalue weighted by Crippen LogP contribution is -2.41. The second-order valence-electron chi connectivity index (χ2n) is 6.50. The lowest BCUT2D eigenvalue weighted by atomic mass is 10.2. The third kappa shape index (κ3) is 7.38. The third-order valence-corrected chi connectivity index (χ3v) is 3.02. The molecule has 142 valence electrons. The molecule has 0 radical (unpaired) electrons. The Morgan fingerprint density at radius 1 is 1.19 bits per heavy atom. The molecular weight excluding hydrogens is 336 g/mol. The standard InChI is InChI=1S/C19H26N2O5/c1-6-12-21(18(24)26-19(3,4)5)13-16(22)20-15-10-8-14(9-11-15)17(23)25-7-2/h6,8-11H,1,7,12-13H2,2-5H3,(H,20,22). The Bertz CT molecular complexity index is 647. The fourth-order valence-electron chi connectivity index (χ4n) is 1.96. The summed E-state index contributed by atoms with van der Waals surface area (Å²) in [5, 5.41) is 2.67. The molecular formula is C19H26N2O5. The highest BCUT2D eigenvalue weighted by Gasteiger charge is 2.23. The maximum absolute atomic E-state index is 12.2. The van der Waals surface area contributed by atoms with Gasteiger partial charge < -0.3 is 14.8 Å². The monoisotopic (exact) mass is 362 g/mol. The van der Waals surface area contributed by atoms with Crippen molar-refractivity contribution >= 4 is 23.7 Å².